The second-order valence-electron chi connectivity index (χ2n) is 8.05. The largest absolute Gasteiger partial charge is 0.387 e. The Hall–Kier alpha value is -2.73. The molecule has 3 aromatic rings. The molecule has 3 aromatic carbocycles. The minimum Gasteiger partial charge on any atom is -0.387 e. The van der Waals surface area contributed by atoms with Crippen LogP contribution in [0, 0.1) is 5.82 Å². The van der Waals surface area contributed by atoms with Crippen molar-refractivity contribution >= 4 is 17.5 Å². The predicted molar refractivity (Wildman–Crippen MR) is 126 cm³/mol. The summed E-state index contributed by atoms with van der Waals surface area (Å²) in [4.78, 5) is 13.8. The van der Waals surface area contributed by atoms with Crippen molar-refractivity contribution in [2.24, 2.45) is 5.73 Å². The molecule has 0 fully saturated rings. The number of halogens is 2. The summed E-state index contributed by atoms with van der Waals surface area (Å²) in [6, 6.07) is 21.6. The fourth-order valence-electron chi connectivity index (χ4n) is 3.69. The molecule has 6 heteroatoms. The third-order valence-corrected chi connectivity index (χ3v) is 5.99. The Labute approximate surface area is 193 Å². The van der Waals surface area contributed by atoms with Crippen LogP contribution in [0.15, 0.2) is 72.8 Å². The van der Waals surface area contributed by atoms with Crippen LogP contribution in [0.1, 0.15) is 46.5 Å². The molecule has 2 atom stereocenters. The average Bonchev–Trinajstić information content (AvgIpc) is 2.78. The molecule has 168 valence electrons. The van der Waals surface area contributed by atoms with Crippen molar-refractivity contribution in [3.05, 3.63) is 106 Å². The number of carbonyl (C=O) groups excluding carboxylic acids is 1. The molecular formula is C26H28ClFN2O2. The van der Waals surface area contributed by atoms with E-state index in [1.807, 2.05) is 18.2 Å². The molecule has 0 aromatic heterocycles. The van der Waals surface area contributed by atoms with Crippen LogP contribution in [0.3, 0.4) is 0 Å². The van der Waals surface area contributed by atoms with E-state index in [4.69, 9.17) is 17.3 Å². The van der Waals surface area contributed by atoms with Crippen LogP contribution in [0.4, 0.5) is 4.39 Å². The number of nitrogens with two attached hydrogens (primary N) is 1. The Bertz CT molecular complexity index is 1030. The number of aliphatic hydroxyl groups excluding tert-OH is 1. The second-order valence-corrected chi connectivity index (χ2v) is 8.46. The van der Waals surface area contributed by atoms with Gasteiger partial charge in [0.2, 0.25) is 5.91 Å². The third kappa shape index (κ3) is 6.63. The van der Waals surface area contributed by atoms with Crippen molar-refractivity contribution in [1.29, 1.82) is 0 Å². The third-order valence-electron chi connectivity index (χ3n) is 5.66. The molecule has 0 heterocycles. The number of carbonyl (C=O) groups is 1. The maximum atomic E-state index is 13.2. The van der Waals surface area contributed by atoms with E-state index in [0.717, 1.165) is 24.0 Å². The SMILES string of the molecule is CC(CCc1ccc(F)cc1)N(Cc1ccccc1)CC(O)c1ccc(Cl)c(C(N)=O)c1. The quantitative estimate of drug-likeness (QED) is 0.446. The molecule has 2 unspecified atom stereocenters. The molecule has 0 radical (unpaired) electrons. The van der Waals surface area contributed by atoms with Gasteiger partial charge in [-0.25, -0.2) is 4.39 Å². The number of aryl methyl sites for hydroxylation is 1. The van der Waals surface area contributed by atoms with Gasteiger partial charge in [-0.3, -0.25) is 9.69 Å². The minimum absolute atomic E-state index is 0.151. The first-order chi connectivity index (χ1) is 15.3. The van der Waals surface area contributed by atoms with E-state index in [-0.39, 0.29) is 22.4 Å². The molecule has 0 saturated heterocycles. The van der Waals surface area contributed by atoms with Gasteiger partial charge in [-0.15, -0.1) is 0 Å². The summed E-state index contributed by atoms with van der Waals surface area (Å²) in [5, 5.41) is 11.2. The van der Waals surface area contributed by atoms with Gasteiger partial charge in [0.15, 0.2) is 0 Å². The van der Waals surface area contributed by atoms with E-state index in [1.165, 1.54) is 12.1 Å². The van der Waals surface area contributed by atoms with Crippen molar-refractivity contribution < 1.29 is 14.3 Å². The van der Waals surface area contributed by atoms with Gasteiger partial charge in [-0.1, -0.05) is 60.1 Å². The zero-order valence-electron chi connectivity index (χ0n) is 18.0. The van der Waals surface area contributed by atoms with E-state index in [9.17, 15) is 14.3 Å². The van der Waals surface area contributed by atoms with Crippen molar-refractivity contribution in [1.82, 2.24) is 4.90 Å². The second kappa shape index (κ2) is 11.2. The highest BCUT2D eigenvalue weighted by Gasteiger charge is 2.21. The zero-order chi connectivity index (χ0) is 23.1. The summed E-state index contributed by atoms with van der Waals surface area (Å²) in [5.41, 5.74) is 8.40. The summed E-state index contributed by atoms with van der Waals surface area (Å²) in [5.74, 6) is -0.869. The molecule has 32 heavy (non-hydrogen) atoms. The lowest BCUT2D eigenvalue weighted by Gasteiger charge is -2.31. The summed E-state index contributed by atoms with van der Waals surface area (Å²) in [7, 11) is 0. The maximum absolute atomic E-state index is 13.2. The Kier molecular flexibility index (Phi) is 8.39. The molecule has 0 spiro atoms. The highest BCUT2D eigenvalue weighted by atomic mass is 35.5. The topological polar surface area (TPSA) is 66.6 Å². The highest BCUT2D eigenvalue weighted by Crippen LogP contribution is 2.24. The Morgan fingerprint density at radius 1 is 1.06 bits per heavy atom. The van der Waals surface area contributed by atoms with Crippen LogP contribution in [0.2, 0.25) is 5.02 Å². The van der Waals surface area contributed by atoms with Crippen LogP contribution in [-0.2, 0) is 13.0 Å². The summed E-state index contributed by atoms with van der Waals surface area (Å²) < 4.78 is 13.2. The number of primary amides is 1. The number of nitrogens with zero attached hydrogens (tertiary/aromatic N) is 1. The number of amides is 1. The van der Waals surface area contributed by atoms with Gasteiger partial charge in [-0.2, -0.15) is 0 Å². The van der Waals surface area contributed by atoms with Crippen LogP contribution in [-0.4, -0.2) is 28.5 Å². The van der Waals surface area contributed by atoms with Gasteiger partial charge in [0, 0.05) is 19.1 Å². The van der Waals surface area contributed by atoms with Crippen LogP contribution >= 0.6 is 11.6 Å². The Morgan fingerprint density at radius 3 is 2.41 bits per heavy atom. The van der Waals surface area contributed by atoms with Crippen LogP contribution < -0.4 is 5.73 Å². The molecule has 0 aliphatic heterocycles. The van der Waals surface area contributed by atoms with E-state index < -0.39 is 12.0 Å². The van der Waals surface area contributed by atoms with Crippen molar-refractivity contribution in [2.75, 3.05) is 6.54 Å². The zero-order valence-corrected chi connectivity index (χ0v) is 18.8. The minimum atomic E-state index is -0.817. The normalized spacial score (nSPS) is 13.2. The Balaban J connectivity index is 1.75. The summed E-state index contributed by atoms with van der Waals surface area (Å²) in [6.07, 6.45) is 0.829. The standard InChI is InChI=1S/C26H28ClFN2O2/c1-18(7-8-19-9-12-22(28)13-10-19)30(16-20-5-3-2-4-6-20)17-25(31)21-11-14-24(27)23(15-21)26(29)32/h2-6,9-15,18,25,31H,7-8,16-17H2,1H3,(H2,29,32). The lowest BCUT2D eigenvalue weighted by molar-refractivity contribution is 0.0833. The molecule has 3 rings (SSSR count). The van der Waals surface area contributed by atoms with E-state index in [1.54, 1.807) is 30.3 Å². The molecule has 3 N–H and O–H groups in total. The first kappa shape index (κ1) is 23.9. The molecule has 0 aliphatic rings. The van der Waals surface area contributed by atoms with E-state index >= 15 is 0 Å². The maximum Gasteiger partial charge on any atom is 0.250 e. The number of aliphatic hydroxyl groups is 1. The van der Waals surface area contributed by atoms with Gasteiger partial charge in [-0.05, 0) is 60.7 Å². The summed E-state index contributed by atoms with van der Waals surface area (Å²) >= 11 is 6.05. The van der Waals surface area contributed by atoms with Gasteiger partial charge in [0.1, 0.15) is 5.82 Å². The van der Waals surface area contributed by atoms with Crippen molar-refractivity contribution in [3.8, 4) is 0 Å². The van der Waals surface area contributed by atoms with Gasteiger partial charge < -0.3 is 10.8 Å². The lowest BCUT2D eigenvalue weighted by atomic mass is 10.0. The van der Waals surface area contributed by atoms with Gasteiger partial charge in [0.05, 0.1) is 16.7 Å². The first-order valence-electron chi connectivity index (χ1n) is 10.6. The van der Waals surface area contributed by atoms with E-state index in [2.05, 4.69) is 24.0 Å². The number of benzene rings is 3. The molecule has 0 bridgehead atoms. The predicted octanol–water partition coefficient (Wildman–Crippen LogP) is 5.13. The molecule has 4 nitrogen and oxygen atoms in total. The highest BCUT2D eigenvalue weighted by molar-refractivity contribution is 6.33. The van der Waals surface area contributed by atoms with Crippen molar-refractivity contribution in [3.63, 3.8) is 0 Å². The Morgan fingerprint density at radius 2 is 1.75 bits per heavy atom. The smallest absolute Gasteiger partial charge is 0.250 e. The number of rotatable bonds is 10. The van der Waals surface area contributed by atoms with Crippen molar-refractivity contribution in [2.45, 2.75) is 38.5 Å². The molecule has 0 saturated carbocycles. The van der Waals surface area contributed by atoms with Crippen LogP contribution in [0.25, 0.3) is 0 Å². The van der Waals surface area contributed by atoms with Gasteiger partial charge in [0.25, 0.3) is 0 Å². The first-order valence-corrected chi connectivity index (χ1v) is 11.0. The van der Waals surface area contributed by atoms with Gasteiger partial charge >= 0.3 is 0 Å². The molecule has 0 aliphatic carbocycles. The average molecular weight is 455 g/mol. The monoisotopic (exact) mass is 454 g/mol. The lowest BCUT2D eigenvalue weighted by Crippen LogP contribution is -2.36. The number of hydrogen-bond donors (Lipinski definition) is 2. The summed E-state index contributed by atoms with van der Waals surface area (Å²) in [6.45, 7) is 3.16. The van der Waals surface area contributed by atoms with Crippen LogP contribution in [0.5, 0.6) is 0 Å². The van der Waals surface area contributed by atoms with E-state index in [0.29, 0.717) is 18.7 Å². The molecular weight excluding hydrogens is 427 g/mol. The fraction of sp³-hybridized carbons (Fsp3) is 0.269. The molecule has 1 amide bonds. The fourth-order valence-corrected chi connectivity index (χ4v) is 3.90. The number of hydrogen-bond acceptors (Lipinski definition) is 3.